The van der Waals surface area contributed by atoms with E-state index in [0.717, 1.165) is 6.42 Å². The summed E-state index contributed by atoms with van der Waals surface area (Å²) in [6, 6.07) is 4.91. The number of likely N-dealkylation sites (N-methyl/N-ethyl adjacent to an activating group) is 1. The Morgan fingerprint density at radius 1 is 1.40 bits per heavy atom. The summed E-state index contributed by atoms with van der Waals surface area (Å²) in [7, 11) is 4.34. The van der Waals surface area contributed by atoms with Gasteiger partial charge in [-0.1, -0.05) is 11.6 Å². The van der Waals surface area contributed by atoms with Gasteiger partial charge < -0.3 is 4.57 Å². The van der Waals surface area contributed by atoms with Gasteiger partial charge in [-0.05, 0) is 32.5 Å². The van der Waals surface area contributed by atoms with Gasteiger partial charge in [0.05, 0.1) is 0 Å². The highest BCUT2D eigenvalue weighted by molar-refractivity contribution is 5.15. The number of nitrogens with zero attached hydrogens (tertiary/aromatic N) is 2. The van der Waals surface area contributed by atoms with Crippen LogP contribution in [0.2, 0.25) is 0 Å². The van der Waals surface area contributed by atoms with E-state index < -0.39 is 0 Å². The van der Waals surface area contributed by atoms with Crippen LogP contribution in [0.4, 0.5) is 0 Å². The molecule has 1 aliphatic heterocycles. The van der Waals surface area contributed by atoms with Crippen molar-refractivity contribution in [2.45, 2.75) is 25.8 Å². The van der Waals surface area contributed by atoms with Crippen LogP contribution in [0.5, 0.6) is 0 Å². The van der Waals surface area contributed by atoms with Crippen LogP contribution >= 0.6 is 0 Å². The number of aryl methyl sites for hydroxylation is 1. The fourth-order valence-corrected chi connectivity index (χ4v) is 2.20. The summed E-state index contributed by atoms with van der Waals surface area (Å²) in [4.78, 5) is 2.44. The minimum atomic E-state index is 0.576. The third-order valence-electron chi connectivity index (χ3n) is 3.37. The minimum absolute atomic E-state index is 0.576. The first-order chi connectivity index (χ1) is 7.16. The minimum Gasteiger partial charge on any atom is -0.354 e. The monoisotopic (exact) mass is 204 g/mol. The first-order valence-corrected chi connectivity index (χ1v) is 5.64. The van der Waals surface area contributed by atoms with E-state index in [-0.39, 0.29) is 0 Å². The molecule has 2 heterocycles. The Bertz CT molecular complexity index is 362. The van der Waals surface area contributed by atoms with E-state index in [1.54, 1.807) is 0 Å². The van der Waals surface area contributed by atoms with Gasteiger partial charge in [0, 0.05) is 37.9 Å². The molecular weight excluding hydrogens is 184 g/mol. The summed E-state index contributed by atoms with van der Waals surface area (Å²) >= 11 is 0. The first-order valence-electron chi connectivity index (χ1n) is 5.64. The topological polar surface area (TPSA) is 8.17 Å². The van der Waals surface area contributed by atoms with Crippen LogP contribution < -0.4 is 0 Å². The molecule has 0 saturated heterocycles. The maximum Gasteiger partial charge on any atom is 0.0332 e. The van der Waals surface area contributed by atoms with E-state index >= 15 is 0 Å². The molecule has 2 nitrogen and oxygen atoms in total. The summed E-state index contributed by atoms with van der Waals surface area (Å²) in [5.74, 6) is 0. The molecule has 0 radical (unpaired) electrons. The molecule has 0 fully saturated rings. The standard InChI is InChI=1S/C13H20N2/c1-11-6-8-15(3)13(9-11)10-12-5-4-7-14(12)2/h4-5,7,9,13H,6,8,10H2,1-3H3. The third kappa shape index (κ3) is 2.32. The van der Waals surface area contributed by atoms with Crippen molar-refractivity contribution >= 4 is 0 Å². The van der Waals surface area contributed by atoms with Gasteiger partial charge in [0.1, 0.15) is 0 Å². The van der Waals surface area contributed by atoms with Crippen LogP contribution in [-0.4, -0.2) is 29.1 Å². The molecule has 1 unspecified atom stereocenters. The van der Waals surface area contributed by atoms with Gasteiger partial charge >= 0.3 is 0 Å². The Labute approximate surface area is 92.2 Å². The van der Waals surface area contributed by atoms with Crippen molar-refractivity contribution in [2.75, 3.05) is 13.6 Å². The van der Waals surface area contributed by atoms with E-state index in [1.807, 2.05) is 0 Å². The van der Waals surface area contributed by atoms with Gasteiger partial charge in [-0.3, -0.25) is 4.90 Å². The van der Waals surface area contributed by atoms with Gasteiger partial charge in [0.2, 0.25) is 0 Å². The SMILES string of the molecule is CC1=CC(Cc2cccn2C)N(C)CC1. The van der Waals surface area contributed by atoms with Crippen LogP contribution in [0.1, 0.15) is 19.0 Å². The number of aromatic nitrogens is 1. The van der Waals surface area contributed by atoms with Crippen molar-refractivity contribution < 1.29 is 0 Å². The van der Waals surface area contributed by atoms with E-state index in [9.17, 15) is 0 Å². The number of rotatable bonds is 2. The van der Waals surface area contributed by atoms with E-state index in [1.165, 1.54) is 24.2 Å². The van der Waals surface area contributed by atoms with Gasteiger partial charge in [0.15, 0.2) is 0 Å². The second-order valence-corrected chi connectivity index (χ2v) is 4.63. The molecule has 1 aromatic rings. The smallest absolute Gasteiger partial charge is 0.0332 e. The molecule has 1 aliphatic rings. The van der Waals surface area contributed by atoms with Gasteiger partial charge in [0.25, 0.3) is 0 Å². The van der Waals surface area contributed by atoms with Crippen LogP contribution in [0.25, 0.3) is 0 Å². The van der Waals surface area contributed by atoms with Crippen molar-refractivity contribution in [2.24, 2.45) is 7.05 Å². The average molecular weight is 204 g/mol. The highest BCUT2D eigenvalue weighted by Crippen LogP contribution is 2.17. The summed E-state index contributed by atoms with van der Waals surface area (Å²) in [6.07, 6.45) is 6.88. The van der Waals surface area contributed by atoms with Crippen molar-refractivity contribution in [3.8, 4) is 0 Å². The van der Waals surface area contributed by atoms with Crippen molar-refractivity contribution in [1.82, 2.24) is 9.47 Å². The van der Waals surface area contributed by atoms with Crippen molar-refractivity contribution in [1.29, 1.82) is 0 Å². The van der Waals surface area contributed by atoms with Gasteiger partial charge in [-0.2, -0.15) is 0 Å². The Balaban J connectivity index is 2.11. The molecule has 2 heteroatoms. The third-order valence-corrected chi connectivity index (χ3v) is 3.37. The van der Waals surface area contributed by atoms with Crippen molar-refractivity contribution in [3.05, 3.63) is 35.7 Å². The van der Waals surface area contributed by atoms with Crippen molar-refractivity contribution in [3.63, 3.8) is 0 Å². The zero-order valence-electron chi connectivity index (χ0n) is 9.90. The highest BCUT2D eigenvalue weighted by Gasteiger charge is 2.17. The van der Waals surface area contributed by atoms with E-state index in [4.69, 9.17) is 0 Å². The molecule has 1 atom stereocenters. The molecule has 2 rings (SSSR count). The summed E-state index contributed by atoms with van der Waals surface area (Å²) in [5.41, 5.74) is 2.95. The second-order valence-electron chi connectivity index (χ2n) is 4.63. The molecular formula is C13H20N2. The second kappa shape index (κ2) is 4.23. The molecule has 82 valence electrons. The molecule has 15 heavy (non-hydrogen) atoms. The van der Waals surface area contributed by atoms with Crippen LogP contribution in [0, 0.1) is 0 Å². The lowest BCUT2D eigenvalue weighted by molar-refractivity contribution is 0.266. The summed E-state index contributed by atoms with van der Waals surface area (Å²) in [5, 5.41) is 0. The molecule has 1 aromatic heterocycles. The number of hydrogen-bond donors (Lipinski definition) is 0. The van der Waals surface area contributed by atoms with E-state index in [0.29, 0.717) is 6.04 Å². The summed E-state index contributed by atoms with van der Waals surface area (Å²) in [6.45, 7) is 3.43. The Kier molecular flexibility index (Phi) is 2.96. The van der Waals surface area contributed by atoms with Crippen LogP contribution in [0.3, 0.4) is 0 Å². The zero-order chi connectivity index (χ0) is 10.8. The largest absolute Gasteiger partial charge is 0.354 e. The fourth-order valence-electron chi connectivity index (χ4n) is 2.20. The maximum atomic E-state index is 2.44. The molecule has 0 amide bonds. The molecule has 0 spiro atoms. The molecule has 0 saturated carbocycles. The molecule has 0 bridgehead atoms. The Morgan fingerprint density at radius 3 is 2.87 bits per heavy atom. The van der Waals surface area contributed by atoms with E-state index in [2.05, 4.69) is 54.9 Å². The van der Waals surface area contributed by atoms with Crippen LogP contribution in [0.15, 0.2) is 30.0 Å². The quantitative estimate of drug-likeness (QED) is 0.671. The van der Waals surface area contributed by atoms with Gasteiger partial charge in [-0.15, -0.1) is 0 Å². The predicted molar refractivity (Wildman–Crippen MR) is 63.9 cm³/mol. The Hall–Kier alpha value is -1.02. The molecule has 0 aliphatic carbocycles. The predicted octanol–water partition coefficient (Wildman–Crippen LogP) is 2.22. The van der Waals surface area contributed by atoms with Gasteiger partial charge in [-0.25, -0.2) is 0 Å². The molecule has 0 N–H and O–H groups in total. The first kappa shape index (κ1) is 10.5. The van der Waals surface area contributed by atoms with Crippen LogP contribution in [-0.2, 0) is 13.5 Å². The lowest BCUT2D eigenvalue weighted by Gasteiger charge is -2.30. The fraction of sp³-hybridized carbons (Fsp3) is 0.538. The highest BCUT2D eigenvalue weighted by atomic mass is 15.1. The normalized spacial score (nSPS) is 22.9. The zero-order valence-corrected chi connectivity index (χ0v) is 9.90. The summed E-state index contributed by atoms with van der Waals surface area (Å²) < 4.78 is 2.21. The maximum absolute atomic E-state index is 2.44. The molecule has 0 aromatic carbocycles. The number of hydrogen-bond acceptors (Lipinski definition) is 1. The lowest BCUT2D eigenvalue weighted by atomic mass is 10.0. The lowest BCUT2D eigenvalue weighted by Crippen LogP contribution is -2.36. The Morgan fingerprint density at radius 2 is 2.20 bits per heavy atom. The average Bonchev–Trinajstić information content (AvgIpc) is 2.58.